The van der Waals surface area contributed by atoms with Crippen molar-refractivity contribution in [1.29, 1.82) is 0 Å². The van der Waals surface area contributed by atoms with Crippen LogP contribution in [0.15, 0.2) is 18.2 Å². The summed E-state index contributed by atoms with van der Waals surface area (Å²) in [7, 11) is 0. The van der Waals surface area contributed by atoms with Crippen LogP contribution < -0.4 is 0 Å². The third kappa shape index (κ3) is 1.47. The quantitative estimate of drug-likeness (QED) is 0.815. The molecule has 0 aliphatic heterocycles. The van der Waals surface area contributed by atoms with Crippen LogP contribution in [-0.2, 0) is 0 Å². The van der Waals surface area contributed by atoms with Crippen LogP contribution in [0.2, 0.25) is 5.02 Å². The summed E-state index contributed by atoms with van der Waals surface area (Å²) in [6.45, 7) is 0. The summed E-state index contributed by atoms with van der Waals surface area (Å²) >= 11 is 6.64. The average Bonchev–Trinajstić information content (AvgIpc) is 2.48. The molecule has 0 aliphatic rings. The molecule has 0 fully saturated rings. The van der Waals surface area contributed by atoms with Gasteiger partial charge in [0.25, 0.3) is 0 Å². The molecule has 2 nitrogen and oxygen atoms in total. The first kappa shape index (κ1) is 9.43. The number of benzene rings is 1. The fourth-order valence-corrected chi connectivity index (χ4v) is 2.29. The van der Waals surface area contributed by atoms with Gasteiger partial charge in [0.1, 0.15) is 10.7 Å². The minimum Gasteiger partial charge on any atom is -0.477 e. The van der Waals surface area contributed by atoms with Gasteiger partial charge in [0, 0.05) is 4.70 Å². The Balaban J connectivity index is 2.72. The van der Waals surface area contributed by atoms with Crippen LogP contribution in [-0.4, -0.2) is 11.1 Å². The van der Waals surface area contributed by atoms with E-state index in [1.807, 2.05) is 0 Å². The van der Waals surface area contributed by atoms with E-state index in [1.165, 1.54) is 18.2 Å². The summed E-state index contributed by atoms with van der Waals surface area (Å²) < 4.78 is 13.7. The highest BCUT2D eigenvalue weighted by molar-refractivity contribution is 7.20. The Morgan fingerprint density at radius 2 is 2.14 bits per heavy atom. The zero-order chi connectivity index (χ0) is 10.3. The van der Waals surface area contributed by atoms with E-state index < -0.39 is 11.8 Å². The first-order valence-corrected chi connectivity index (χ1v) is 4.89. The van der Waals surface area contributed by atoms with Crippen molar-refractivity contribution >= 4 is 39.0 Å². The van der Waals surface area contributed by atoms with Crippen molar-refractivity contribution in [3.8, 4) is 0 Å². The number of hydrogen-bond acceptors (Lipinski definition) is 2. The molecular formula is C9H4ClFO2S. The summed E-state index contributed by atoms with van der Waals surface area (Å²) in [5.41, 5.74) is 0. The Hall–Kier alpha value is -1.13. The van der Waals surface area contributed by atoms with Crippen molar-refractivity contribution < 1.29 is 14.3 Å². The van der Waals surface area contributed by atoms with Gasteiger partial charge in [-0.1, -0.05) is 11.6 Å². The van der Waals surface area contributed by atoms with Crippen molar-refractivity contribution in [2.24, 2.45) is 0 Å². The van der Waals surface area contributed by atoms with Crippen molar-refractivity contribution in [3.63, 3.8) is 0 Å². The highest BCUT2D eigenvalue weighted by Gasteiger charge is 2.10. The molecular weight excluding hydrogens is 227 g/mol. The molecule has 1 aromatic heterocycles. The van der Waals surface area contributed by atoms with Crippen LogP contribution in [0, 0.1) is 5.82 Å². The molecule has 0 saturated heterocycles. The second kappa shape index (κ2) is 3.22. The average molecular weight is 231 g/mol. The third-order valence-corrected chi connectivity index (χ3v) is 3.15. The van der Waals surface area contributed by atoms with Crippen LogP contribution in [0.25, 0.3) is 10.1 Å². The summed E-state index contributed by atoms with van der Waals surface area (Å²) in [5.74, 6) is -1.54. The second-order valence-electron chi connectivity index (χ2n) is 2.72. The van der Waals surface area contributed by atoms with Crippen molar-refractivity contribution in [2.45, 2.75) is 0 Å². The third-order valence-electron chi connectivity index (χ3n) is 1.77. The predicted octanol–water partition coefficient (Wildman–Crippen LogP) is 3.39. The summed E-state index contributed by atoms with van der Waals surface area (Å²) in [5, 5.41) is 9.28. The molecule has 1 heterocycles. The molecule has 72 valence electrons. The number of fused-ring (bicyclic) bond motifs is 1. The van der Waals surface area contributed by atoms with E-state index >= 15 is 0 Å². The van der Waals surface area contributed by atoms with E-state index in [0.717, 1.165) is 11.3 Å². The molecule has 1 N–H and O–H groups in total. The highest BCUT2D eigenvalue weighted by atomic mass is 35.5. The number of carbonyl (C=O) groups is 1. The summed E-state index contributed by atoms with van der Waals surface area (Å²) in [4.78, 5) is 10.8. The number of aromatic carboxylic acids is 1. The smallest absolute Gasteiger partial charge is 0.345 e. The SMILES string of the molecule is O=C(O)c1cc2cc(F)c(Cl)cc2s1. The molecule has 2 rings (SSSR count). The van der Waals surface area contributed by atoms with Crippen molar-refractivity contribution in [2.75, 3.05) is 0 Å². The number of thiophene rings is 1. The molecule has 0 bridgehead atoms. The van der Waals surface area contributed by atoms with E-state index in [2.05, 4.69) is 0 Å². The molecule has 14 heavy (non-hydrogen) atoms. The van der Waals surface area contributed by atoms with Crippen LogP contribution in [0.3, 0.4) is 0 Å². The molecule has 0 unspecified atom stereocenters. The maximum atomic E-state index is 13.0. The molecule has 0 atom stereocenters. The lowest BCUT2D eigenvalue weighted by atomic mass is 10.2. The predicted molar refractivity (Wildman–Crippen MR) is 53.8 cm³/mol. The zero-order valence-corrected chi connectivity index (χ0v) is 8.32. The topological polar surface area (TPSA) is 37.3 Å². The van der Waals surface area contributed by atoms with Gasteiger partial charge in [0.05, 0.1) is 5.02 Å². The van der Waals surface area contributed by atoms with Crippen LogP contribution in [0.4, 0.5) is 4.39 Å². The monoisotopic (exact) mass is 230 g/mol. The fraction of sp³-hybridized carbons (Fsp3) is 0. The Morgan fingerprint density at radius 1 is 1.43 bits per heavy atom. The van der Waals surface area contributed by atoms with Gasteiger partial charge in [-0.3, -0.25) is 0 Å². The molecule has 1 aromatic carbocycles. The Labute approximate surface area is 87.5 Å². The highest BCUT2D eigenvalue weighted by Crippen LogP contribution is 2.29. The van der Waals surface area contributed by atoms with Gasteiger partial charge < -0.3 is 5.11 Å². The van der Waals surface area contributed by atoms with Gasteiger partial charge in [-0.2, -0.15) is 0 Å². The first-order chi connectivity index (χ1) is 6.58. The number of carboxylic acid groups (broad SMARTS) is 1. The first-order valence-electron chi connectivity index (χ1n) is 3.70. The standard InChI is InChI=1S/C9H4ClFO2S/c10-5-3-7-4(1-6(5)11)2-8(14-7)9(12)13/h1-3H,(H,12,13). The number of hydrogen-bond donors (Lipinski definition) is 1. The summed E-state index contributed by atoms with van der Waals surface area (Å²) in [6, 6.07) is 4.10. The van der Waals surface area contributed by atoms with Crippen molar-refractivity contribution in [3.05, 3.63) is 33.9 Å². The van der Waals surface area contributed by atoms with Crippen LogP contribution in [0.1, 0.15) is 9.67 Å². The molecule has 0 amide bonds. The van der Waals surface area contributed by atoms with E-state index in [0.29, 0.717) is 10.1 Å². The van der Waals surface area contributed by atoms with Crippen LogP contribution in [0.5, 0.6) is 0 Å². The van der Waals surface area contributed by atoms with Crippen LogP contribution >= 0.6 is 22.9 Å². The lowest BCUT2D eigenvalue weighted by Gasteiger charge is -1.92. The molecule has 0 spiro atoms. The Bertz CT molecular complexity index is 482. The normalized spacial score (nSPS) is 10.7. The molecule has 2 aromatic rings. The van der Waals surface area contributed by atoms with E-state index in [9.17, 15) is 9.18 Å². The van der Waals surface area contributed by atoms with E-state index in [-0.39, 0.29) is 9.90 Å². The van der Waals surface area contributed by atoms with Crippen molar-refractivity contribution in [1.82, 2.24) is 0 Å². The molecule has 5 heteroatoms. The van der Waals surface area contributed by atoms with Gasteiger partial charge in [-0.15, -0.1) is 11.3 Å². The summed E-state index contributed by atoms with van der Waals surface area (Å²) in [6.07, 6.45) is 0. The number of halogens is 2. The zero-order valence-electron chi connectivity index (χ0n) is 6.75. The molecule has 0 saturated carbocycles. The Morgan fingerprint density at radius 3 is 2.79 bits per heavy atom. The lowest BCUT2D eigenvalue weighted by Crippen LogP contribution is -1.89. The largest absolute Gasteiger partial charge is 0.477 e. The van der Waals surface area contributed by atoms with E-state index in [4.69, 9.17) is 16.7 Å². The fourth-order valence-electron chi connectivity index (χ4n) is 1.14. The van der Waals surface area contributed by atoms with E-state index in [1.54, 1.807) is 0 Å². The number of rotatable bonds is 1. The minimum absolute atomic E-state index is 0.0105. The van der Waals surface area contributed by atoms with Gasteiger partial charge in [0.2, 0.25) is 0 Å². The van der Waals surface area contributed by atoms with Gasteiger partial charge in [-0.05, 0) is 23.6 Å². The maximum absolute atomic E-state index is 13.0. The van der Waals surface area contributed by atoms with Gasteiger partial charge in [-0.25, -0.2) is 9.18 Å². The van der Waals surface area contributed by atoms with Gasteiger partial charge in [0.15, 0.2) is 0 Å². The second-order valence-corrected chi connectivity index (χ2v) is 4.21. The number of carboxylic acids is 1. The molecule has 0 radical (unpaired) electrons. The lowest BCUT2D eigenvalue weighted by molar-refractivity contribution is 0.0702. The maximum Gasteiger partial charge on any atom is 0.345 e. The Kier molecular flexibility index (Phi) is 2.17. The molecule has 0 aliphatic carbocycles. The minimum atomic E-state index is -1.01. The van der Waals surface area contributed by atoms with Gasteiger partial charge >= 0.3 is 5.97 Å².